The molecule has 4 nitrogen and oxygen atoms in total. The lowest BCUT2D eigenvalue weighted by molar-refractivity contribution is -0.142. The van der Waals surface area contributed by atoms with Crippen LogP contribution < -0.4 is 0 Å². The first-order chi connectivity index (χ1) is 10.4. The molecule has 1 atom stereocenters. The zero-order valence-electron chi connectivity index (χ0n) is 13.4. The van der Waals surface area contributed by atoms with Gasteiger partial charge in [-0.2, -0.15) is 0 Å². The van der Waals surface area contributed by atoms with Gasteiger partial charge in [0.2, 0.25) is 5.91 Å². The molecule has 0 bridgehead atoms. The summed E-state index contributed by atoms with van der Waals surface area (Å²) in [4.78, 5) is 25.3. The van der Waals surface area contributed by atoms with Gasteiger partial charge < -0.3 is 10.0 Å². The highest BCUT2D eigenvalue weighted by atomic mass is 16.4. The average Bonchev–Trinajstić information content (AvgIpc) is 2.97. The van der Waals surface area contributed by atoms with Crippen molar-refractivity contribution in [3.8, 4) is 0 Å². The lowest BCUT2D eigenvalue weighted by atomic mass is 9.85. The topological polar surface area (TPSA) is 57.6 Å². The summed E-state index contributed by atoms with van der Waals surface area (Å²) in [6, 6.07) is 10.3. The Morgan fingerprint density at radius 3 is 2.55 bits per heavy atom. The first-order valence-corrected chi connectivity index (χ1v) is 7.96. The van der Waals surface area contributed by atoms with E-state index in [2.05, 4.69) is 12.1 Å². The molecule has 1 N–H and O–H groups in total. The van der Waals surface area contributed by atoms with Crippen molar-refractivity contribution in [3.05, 3.63) is 35.9 Å². The van der Waals surface area contributed by atoms with Crippen LogP contribution in [0.2, 0.25) is 0 Å². The van der Waals surface area contributed by atoms with Gasteiger partial charge in [-0.3, -0.25) is 9.59 Å². The third-order valence-corrected chi connectivity index (χ3v) is 4.51. The van der Waals surface area contributed by atoms with Crippen molar-refractivity contribution < 1.29 is 14.7 Å². The van der Waals surface area contributed by atoms with E-state index >= 15 is 0 Å². The standard InChI is InChI=1S/C18H25NO3/c1-18(2,11-6-9-14-7-4-3-5-8-14)17(22)19-12-10-15(13-19)16(20)21/h3-5,7-8,15H,6,9-13H2,1-2H3,(H,20,21)/t15-/m1/s1. The number of hydrogen-bond acceptors (Lipinski definition) is 2. The van der Waals surface area contributed by atoms with E-state index in [9.17, 15) is 9.59 Å². The number of aliphatic carboxylic acids is 1. The minimum absolute atomic E-state index is 0.0873. The Hall–Kier alpha value is -1.84. The summed E-state index contributed by atoms with van der Waals surface area (Å²) < 4.78 is 0. The number of carboxylic acid groups (broad SMARTS) is 1. The van der Waals surface area contributed by atoms with Gasteiger partial charge >= 0.3 is 5.97 Å². The molecule has 0 aliphatic carbocycles. The number of carboxylic acids is 1. The van der Waals surface area contributed by atoms with Gasteiger partial charge in [-0.1, -0.05) is 44.2 Å². The molecule has 0 saturated carbocycles. The van der Waals surface area contributed by atoms with E-state index in [-0.39, 0.29) is 5.91 Å². The van der Waals surface area contributed by atoms with Gasteiger partial charge in [0.15, 0.2) is 0 Å². The highest BCUT2D eigenvalue weighted by Crippen LogP contribution is 2.29. The molecule has 1 saturated heterocycles. The minimum Gasteiger partial charge on any atom is -0.481 e. The molecule has 2 rings (SSSR count). The van der Waals surface area contributed by atoms with Crippen molar-refractivity contribution in [1.82, 2.24) is 4.90 Å². The summed E-state index contributed by atoms with van der Waals surface area (Å²) in [6.07, 6.45) is 3.31. The molecule has 0 unspecified atom stereocenters. The molecule has 1 aromatic rings. The maximum Gasteiger partial charge on any atom is 0.308 e. The quantitative estimate of drug-likeness (QED) is 0.879. The van der Waals surface area contributed by atoms with E-state index in [4.69, 9.17) is 5.11 Å². The molecule has 0 radical (unpaired) electrons. The summed E-state index contributed by atoms with van der Waals surface area (Å²) >= 11 is 0. The van der Waals surface area contributed by atoms with Crippen LogP contribution in [0.25, 0.3) is 0 Å². The summed E-state index contributed by atoms with van der Waals surface area (Å²) in [6.45, 7) is 4.86. The summed E-state index contributed by atoms with van der Waals surface area (Å²) in [7, 11) is 0. The highest BCUT2D eigenvalue weighted by Gasteiger charge is 2.37. The van der Waals surface area contributed by atoms with Crippen molar-refractivity contribution in [2.45, 2.75) is 39.5 Å². The Kier molecular flexibility index (Phi) is 5.22. The van der Waals surface area contributed by atoms with Gasteiger partial charge in [0.1, 0.15) is 0 Å². The molecular formula is C18H25NO3. The molecule has 1 fully saturated rings. The van der Waals surface area contributed by atoms with Crippen LogP contribution in [0.3, 0.4) is 0 Å². The van der Waals surface area contributed by atoms with E-state index in [1.165, 1.54) is 5.56 Å². The third kappa shape index (κ3) is 4.09. The maximum atomic E-state index is 12.6. The molecule has 120 valence electrons. The fourth-order valence-corrected chi connectivity index (χ4v) is 3.06. The fourth-order valence-electron chi connectivity index (χ4n) is 3.06. The number of hydrogen-bond donors (Lipinski definition) is 1. The van der Waals surface area contributed by atoms with Gasteiger partial charge in [0.25, 0.3) is 0 Å². The van der Waals surface area contributed by atoms with Crippen LogP contribution in [0.1, 0.15) is 38.7 Å². The van der Waals surface area contributed by atoms with Gasteiger partial charge in [-0.25, -0.2) is 0 Å². The van der Waals surface area contributed by atoms with Crippen molar-refractivity contribution in [2.75, 3.05) is 13.1 Å². The number of rotatable bonds is 6. The van der Waals surface area contributed by atoms with E-state index in [0.29, 0.717) is 19.5 Å². The molecule has 22 heavy (non-hydrogen) atoms. The largest absolute Gasteiger partial charge is 0.481 e. The van der Waals surface area contributed by atoms with Crippen molar-refractivity contribution in [1.29, 1.82) is 0 Å². The average molecular weight is 303 g/mol. The Labute approximate surface area is 132 Å². The van der Waals surface area contributed by atoms with Crippen LogP contribution in [0.15, 0.2) is 30.3 Å². The van der Waals surface area contributed by atoms with Crippen LogP contribution in [-0.4, -0.2) is 35.0 Å². The number of carbonyl (C=O) groups is 2. The molecule has 1 amide bonds. The molecule has 1 aliphatic heterocycles. The molecular weight excluding hydrogens is 278 g/mol. The number of benzene rings is 1. The first kappa shape index (κ1) is 16.5. The van der Waals surface area contributed by atoms with Crippen LogP contribution >= 0.6 is 0 Å². The second-order valence-electron chi connectivity index (χ2n) is 6.80. The van der Waals surface area contributed by atoms with Gasteiger partial charge in [-0.05, 0) is 31.2 Å². The number of aryl methyl sites for hydroxylation is 1. The van der Waals surface area contributed by atoms with Gasteiger partial charge in [0.05, 0.1) is 5.92 Å². The minimum atomic E-state index is -0.794. The van der Waals surface area contributed by atoms with Crippen LogP contribution in [0, 0.1) is 11.3 Å². The summed E-state index contributed by atoms with van der Waals surface area (Å²) in [5.74, 6) is -1.11. The predicted octanol–water partition coefficient (Wildman–Crippen LogP) is 2.97. The predicted molar refractivity (Wildman–Crippen MR) is 85.5 cm³/mol. The molecule has 4 heteroatoms. The Balaban J connectivity index is 1.84. The first-order valence-electron chi connectivity index (χ1n) is 7.96. The molecule has 1 aliphatic rings. The fraction of sp³-hybridized carbons (Fsp3) is 0.556. The van der Waals surface area contributed by atoms with E-state index in [0.717, 1.165) is 19.3 Å². The second kappa shape index (κ2) is 6.95. The van der Waals surface area contributed by atoms with Gasteiger partial charge in [0, 0.05) is 18.5 Å². The number of nitrogens with zero attached hydrogens (tertiary/aromatic N) is 1. The zero-order valence-corrected chi connectivity index (χ0v) is 13.4. The molecule has 0 spiro atoms. The highest BCUT2D eigenvalue weighted by molar-refractivity contribution is 5.83. The number of carbonyl (C=O) groups excluding carboxylic acids is 1. The van der Waals surface area contributed by atoms with E-state index in [1.54, 1.807) is 4.90 Å². The van der Waals surface area contributed by atoms with Crippen molar-refractivity contribution >= 4 is 11.9 Å². The summed E-state index contributed by atoms with van der Waals surface area (Å²) in [5.41, 5.74) is 0.861. The normalized spacial score (nSPS) is 18.5. The van der Waals surface area contributed by atoms with Crippen molar-refractivity contribution in [2.24, 2.45) is 11.3 Å². The monoisotopic (exact) mass is 303 g/mol. The maximum absolute atomic E-state index is 12.6. The molecule has 1 heterocycles. The van der Waals surface area contributed by atoms with Crippen molar-refractivity contribution in [3.63, 3.8) is 0 Å². The number of amides is 1. The third-order valence-electron chi connectivity index (χ3n) is 4.51. The Morgan fingerprint density at radius 2 is 1.95 bits per heavy atom. The zero-order chi connectivity index (χ0) is 16.2. The Morgan fingerprint density at radius 1 is 1.27 bits per heavy atom. The lowest BCUT2D eigenvalue weighted by Gasteiger charge is -2.29. The van der Waals surface area contributed by atoms with Gasteiger partial charge in [-0.15, -0.1) is 0 Å². The SMILES string of the molecule is CC(C)(CCCc1ccccc1)C(=O)N1CC[C@@H](C(=O)O)C1. The lowest BCUT2D eigenvalue weighted by Crippen LogP contribution is -2.40. The van der Waals surface area contributed by atoms with E-state index < -0.39 is 17.3 Å². The molecule has 1 aromatic carbocycles. The van der Waals surface area contributed by atoms with Crippen LogP contribution in [-0.2, 0) is 16.0 Å². The smallest absolute Gasteiger partial charge is 0.308 e. The van der Waals surface area contributed by atoms with Crippen LogP contribution in [0.5, 0.6) is 0 Å². The second-order valence-corrected chi connectivity index (χ2v) is 6.80. The summed E-state index contributed by atoms with van der Waals surface area (Å²) in [5, 5.41) is 9.05. The van der Waals surface area contributed by atoms with Crippen LogP contribution in [0.4, 0.5) is 0 Å². The number of likely N-dealkylation sites (tertiary alicyclic amines) is 1. The Bertz CT molecular complexity index is 524. The van der Waals surface area contributed by atoms with E-state index in [1.807, 2.05) is 32.0 Å². The molecule has 0 aromatic heterocycles.